The largest absolute Gasteiger partial charge is 0.294 e. The number of fused-ring (bicyclic) bond motifs is 1. The molecule has 0 unspecified atom stereocenters. The molecule has 0 aliphatic heterocycles. The molecular weight excluding hydrogens is 320 g/mol. The van der Waals surface area contributed by atoms with Crippen LogP contribution in [0.1, 0.15) is 27.2 Å². The molecule has 0 radical (unpaired) electrons. The van der Waals surface area contributed by atoms with Crippen LogP contribution in [0.5, 0.6) is 0 Å². The number of carbonyl (C=O) groups is 1. The molecule has 0 saturated heterocycles. The number of rotatable bonds is 5. The van der Waals surface area contributed by atoms with Crippen molar-refractivity contribution in [1.82, 2.24) is 10.2 Å². The van der Waals surface area contributed by atoms with E-state index in [1.165, 1.54) is 0 Å². The number of nitrogens with zero attached hydrogens (tertiary/aromatic N) is 1. The fourth-order valence-electron chi connectivity index (χ4n) is 2.97. The normalized spacial score (nSPS) is 11.2. The monoisotopic (exact) mass is 338 g/mol. The average molecular weight is 338 g/mol. The number of H-pyrrole nitrogens is 1. The predicted octanol–water partition coefficient (Wildman–Crippen LogP) is 5.16. The summed E-state index contributed by atoms with van der Waals surface area (Å²) in [6, 6.07) is 25.5. The first-order valence-corrected chi connectivity index (χ1v) is 8.58. The first-order valence-electron chi connectivity index (χ1n) is 8.58. The van der Waals surface area contributed by atoms with Crippen LogP contribution < -0.4 is 0 Å². The first kappa shape index (κ1) is 16.0. The van der Waals surface area contributed by atoms with Crippen molar-refractivity contribution < 1.29 is 4.79 Å². The van der Waals surface area contributed by atoms with E-state index >= 15 is 0 Å². The molecule has 0 atom stereocenters. The van der Waals surface area contributed by atoms with E-state index in [1.807, 2.05) is 72.8 Å². The number of aromatic amines is 1. The lowest BCUT2D eigenvalue weighted by Gasteiger charge is -2.02. The molecule has 3 aromatic carbocycles. The average Bonchev–Trinajstić information content (AvgIpc) is 3.10. The van der Waals surface area contributed by atoms with E-state index in [-0.39, 0.29) is 5.78 Å². The van der Waals surface area contributed by atoms with Gasteiger partial charge in [-0.25, -0.2) is 0 Å². The molecule has 126 valence electrons. The van der Waals surface area contributed by atoms with Gasteiger partial charge in [-0.3, -0.25) is 9.89 Å². The van der Waals surface area contributed by atoms with E-state index in [2.05, 4.69) is 28.4 Å². The number of carbonyl (C=O) groups excluding carboxylic acids is 1. The third kappa shape index (κ3) is 3.47. The Morgan fingerprint density at radius 1 is 0.885 bits per heavy atom. The minimum atomic E-state index is 0.120. The smallest absolute Gasteiger partial charge is 0.167 e. The van der Waals surface area contributed by atoms with Crippen LogP contribution in [0.2, 0.25) is 0 Å². The molecule has 0 spiro atoms. The Labute approximate surface area is 152 Å². The lowest BCUT2D eigenvalue weighted by Crippen LogP contribution is -2.03. The van der Waals surface area contributed by atoms with Gasteiger partial charge in [-0.2, -0.15) is 5.10 Å². The van der Waals surface area contributed by atoms with E-state index in [4.69, 9.17) is 0 Å². The van der Waals surface area contributed by atoms with Gasteiger partial charge in [0, 0.05) is 17.4 Å². The van der Waals surface area contributed by atoms with Gasteiger partial charge in [0.1, 0.15) is 0 Å². The Morgan fingerprint density at radius 3 is 2.38 bits per heavy atom. The molecule has 4 aromatic rings. The molecule has 3 nitrogen and oxygen atoms in total. The number of hydrogen-bond donors (Lipinski definition) is 1. The topological polar surface area (TPSA) is 45.8 Å². The van der Waals surface area contributed by atoms with Gasteiger partial charge in [0.05, 0.1) is 11.2 Å². The Kier molecular flexibility index (Phi) is 4.44. The van der Waals surface area contributed by atoms with Crippen LogP contribution in [0.25, 0.3) is 23.1 Å². The number of hydrogen-bond acceptors (Lipinski definition) is 2. The molecule has 0 bridgehead atoms. The summed E-state index contributed by atoms with van der Waals surface area (Å²) in [5.41, 5.74) is 4.70. The number of nitrogens with one attached hydrogen (secondary N) is 1. The molecule has 1 aromatic heterocycles. The molecular formula is C23H18N2O. The Hall–Kier alpha value is -3.46. The number of benzene rings is 3. The van der Waals surface area contributed by atoms with Gasteiger partial charge in [0.2, 0.25) is 0 Å². The minimum Gasteiger partial charge on any atom is -0.294 e. The lowest BCUT2D eigenvalue weighted by atomic mass is 10.0. The zero-order chi connectivity index (χ0) is 17.8. The highest BCUT2D eigenvalue weighted by atomic mass is 16.1. The third-order valence-electron chi connectivity index (χ3n) is 4.35. The van der Waals surface area contributed by atoms with E-state index in [1.54, 1.807) is 0 Å². The molecule has 0 fully saturated rings. The maximum atomic E-state index is 12.4. The summed E-state index contributed by atoms with van der Waals surface area (Å²) in [7, 11) is 0. The van der Waals surface area contributed by atoms with Crippen LogP contribution >= 0.6 is 0 Å². The second kappa shape index (κ2) is 7.19. The van der Waals surface area contributed by atoms with E-state index in [0.717, 1.165) is 33.3 Å². The van der Waals surface area contributed by atoms with Crippen LogP contribution in [0, 0.1) is 0 Å². The molecule has 0 aliphatic carbocycles. The van der Waals surface area contributed by atoms with Crippen LogP contribution in [0.3, 0.4) is 0 Å². The maximum absolute atomic E-state index is 12.4. The summed E-state index contributed by atoms with van der Waals surface area (Å²) in [5.74, 6) is 0.120. The van der Waals surface area contributed by atoms with Gasteiger partial charge in [-0.1, -0.05) is 72.8 Å². The van der Waals surface area contributed by atoms with Crippen molar-refractivity contribution in [2.45, 2.75) is 6.42 Å². The second-order valence-electron chi connectivity index (χ2n) is 6.20. The molecule has 1 heterocycles. The summed E-state index contributed by atoms with van der Waals surface area (Å²) in [4.78, 5) is 12.4. The van der Waals surface area contributed by atoms with Gasteiger partial charge < -0.3 is 0 Å². The molecule has 1 N–H and O–H groups in total. The number of Topliss-reactive ketones (excluding diaryl/α,β-unsaturated/α-hetero) is 1. The van der Waals surface area contributed by atoms with Crippen molar-refractivity contribution in [3.63, 3.8) is 0 Å². The highest BCUT2D eigenvalue weighted by molar-refractivity contribution is 5.98. The minimum absolute atomic E-state index is 0.120. The maximum Gasteiger partial charge on any atom is 0.167 e. The van der Waals surface area contributed by atoms with E-state index in [0.29, 0.717) is 6.42 Å². The Morgan fingerprint density at radius 2 is 1.62 bits per heavy atom. The van der Waals surface area contributed by atoms with E-state index < -0.39 is 0 Å². The molecule has 0 saturated carbocycles. The lowest BCUT2D eigenvalue weighted by molar-refractivity contribution is 0.0993. The summed E-state index contributed by atoms with van der Waals surface area (Å²) < 4.78 is 0. The molecule has 0 amide bonds. The first-order chi connectivity index (χ1) is 12.8. The summed E-state index contributed by atoms with van der Waals surface area (Å²) in [6.07, 6.45) is 4.45. The highest BCUT2D eigenvalue weighted by Crippen LogP contribution is 2.21. The molecule has 3 heteroatoms. The van der Waals surface area contributed by atoms with Crippen LogP contribution in [0.4, 0.5) is 0 Å². The standard InChI is InChI=1S/C23H18N2O/c26-23(19-9-5-2-6-10-19)16-18-12-14-22-20(15-18)21(24-25-22)13-11-17-7-3-1-4-8-17/h1-15H,16H2,(H,24,25)/b13-11+. The quantitative estimate of drug-likeness (QED) is 0.511. The van der Waals surface area contributed by atoms with Crippen molar-refractivity contribution >= 4 is 28.8 Å². The van der Waals surface area contributed by atoms with Crippen molar-refractivity contribution in [1.29, 1.82) is 0 Å². The number of ketones is 1. The van der Waals surface area contributed by atoms with Gasteiger partial charge in [-0.05, 0) is 29.3 Å². The zero-order valence-corrected chi connectivity index (χ0v) is 14.2. The fourth-order valence-corrected chi connectivity index (χ4v) is 2.97. The third-order valence-corrected chi connectivity index (χ3v) is 4.35. The predicted molar refractivity (Wildman–Crippen MR) is 106 cm³/mol. The summed E-state index contributed by atoms with van der Waals surface area (Å²) in [5, 5.41) is 8.45. The second-order valence-corrected chi connectivity index (χ2v) is 6.20. The van der Waals surface area contributed by atoms with Gasteiger partial charge in [0.25, 0.3) is 0 Å². The van der Waals surface area contributed by atoms with Crippen LogP contribution in [-0.4, -0.2) is 16.0 Å². The highest BCUT2D eigenvalue weighted by Gasteiger charge is 2.09. The Bertz CT molecular complexity index is 1060. The van der Waals surface area contributed by atoms with Crippen molar-refractivity contribution in [3.05, 3.63) is 101 Å². The zero-order valence-electron chi connectivity index (χ0n) is 14.2. The molecule has 0 aliphatic rings. The van der Waals surface area contributed by atoms with Crippen LogP contribution in [0.15, 0.2) is 78.9 Å². The summed E-state index contributed by atoms with van der Waals surface area (Å²) in [6.45, 7) is 0. The summed E-state index contributed by atoms with van der Waals surface area (Å²) >= 11 is 0. The fraction of sp³-hybridized carbons (Fsp3) is 0.0435. The van der Waals surface area contributed by atoms with Crippen molar-refractivity contribution in [2.75, 3.05) is 0 Å². The van der Waals surface area contributed by atoms with E-state index in [9.17, 15) is 4.79 Å². The molecule has 4 rings (SSSR count). The van der Waals surface area contributed by atoms with Crippen LogP contribution in [-0.2, 0) is 6.42 Å². The van der Waals surface area contributed by atoms with Gasteiger partial charge in [0.15, 0.2) is 5.78 Å². The SMILES string of the molecule is O=C(Cc1ccc2n[nH]c(/C=C/c3ccccc3)c2c1)c1ccccc1. The van der Waals surface area contributed by atoms with Gasteiger partial charge >= 0.3 is 0 Å². The van der Waals surface area contributed by atoms with Crippen molar-refractivity contribution in [3.8, 4) is 0 Å². The Balaban J connectivity index is 1.60. The van der Waals surface area contributed by atoms with Gasteiger partial charge in [-0.15, -0.1) is 0 Å². The number of aromatic nitrogens is 2. The van der Waals surface area contributed by atoms with Crippen molar-refractivity contribution in [2.24, 2.45) is 0 Å². The molecule has 26 heavy (non-hydrogen) atoms.